The monoisotopic (exact) mass is 691 g/mol. The predicted molar refractivity (Wildman–Crippen MR) is 163 cm³/mol. The second-order valence-electron chi connectivity index (χ2n) is 9.44. The average molecular weight is 693 g/mol. The van der Waals surface area contributed by atoms with Crippen LogP contribution in [-0.4, -0.2) is 59.0 Å². The van der Waals surface area contributed by atoms with Crippen LogP contribution in [0, 0.1) is 0 Å². The summed E-state index contributed by atoms with van der Waals surface area (Å²) in [7, 11) is 0. The standard InChI is InChI=1S/C29H24Cl4F3N3O5/c30-8-10-39(11-9-31)19-6-4-17(5-7-19)26-37-22-3-1-2-18(24(22)44-26)15-43-25-20(32)12-16(13-21(25)33)14-23(27(40)41)38-28(42)29(34,35)36/h1-7,12-13,23H,8-11,14-15H2,(H,38,42)(H,40,41)/t23-/m0/s1. The molecule has 8 nitrogen and oxygen atoms in total. The number of hydrogen-bond donors (Lipinski definition) is 2. The number of nitrogens with zero attached hydrogens (tertiary/aromatic N) is 2. The maximum atomic E-state index is 12.6. The number of amides is 1. The van der Waals surface area contributed by atoms with Gasteiger partial charge < -0.3 is 24.5 Å². The fourth-order valence-electron chi connectivity index (χ4n) is 4.33. The van der Waals surface area contributed by atoms with Gasteiger partial charge in [-0.05, 0) is 48.0 Å². The number of hydrogen-bond acceptors (Lipinski definition) is 6. The molecule has 0 saturated heterocycles. The zero-order chi connectivity index (χ0) is 32.0. The van der Waals surface area contributed by atoms with Gasteiger partial charge in [-0.15, -0.1) is 23.2 Å². The highest BCUT2D eigenvalue weighted by atomic mass is 35.5. The number of fused-ring (bicyclic) bond motifs is 1. The lowest BCUT2D eigenvalue weighted by Gasteiger charge is -2.22. The van der Waals surface area contributed by atoms with Crippen molar-refractivity contribution in [2.45, 2.75) is 25.2 Å². The number of ether oxygens (including phenoxy) is 1. The van der Waals surface area contributed by atoms with Gasteiger partial charge in [-0.3, -0.25) is 4.79 Å². The van der Waals surface area contributed by atoms with Gasteiger partial charge in [0.15, 0.2) is 11.3 Å². The van der Waals surface area contributed by atoms with Crippen LogP contribution >= 0.6 is 46.4 Å². The average Bonchev–Trinajstić information content (AvgIpc) is 3.41. The summed E-state index contributed by atoms with van der Waals surface area (Å²) in [6.07, 6.45) is -5.75. The summed E-state index contributed by atoms with van der Waals surface area (Å²) in [5, 5.41) is 10.7. The second kappa shape index (κ2) is 14.6. The molecule has 0 aliphatic heterocycles. The zero-order valence-electron chi connectivity index (χ0n) is 22.6. The molecule has 0 aliphatic carbocycles. The number of carboxylic acid groups (broad SMARTS) is 1. The van der Waals surface area contributed by atoms with Gasteiger partial charge in [-0.1, -0.05) is 35.3 Å². The Morgan fingerprint density at radius 3 is 2.23 bits per heavy atom. The van der Waals surface area contributed by atoms with Crippen molar-refractivity contribution in [3.8, 4) is 17.2 Å². The molecule has 4 aromatic rings. The van der Waals surface area contributed by atoms with Crippen molar-refractivity contribution in [1.29, 1.82) is 0 Å². The van der Waals surface area contributed by atoms with Gasteiger partial charge in [0.1, 0.15) is 18.2 Å². The van der Waals surface area contributed by atoms with Gasteiger partial charge in [-0.2, -0.15) is 13.2 Å². The normalized spacial score (nSPS) is 12.2. The number of carbonyl (C=O) groups excluding carboxylic acids is 1. The minimum absolute atomic E-state index is 0.0123. The number of rotatable bonds is 13. The quantitative estimate of drug-likeness (QED) is 0.141. The lowest BCUT2D eigenvalue weighted by Crippen LogP contribution is -2.47. The molecule has 15 heteroatoms. The lowest BCUT2D eigenvalue weighted by atomic mass is 10.1. The van der Waals surface area contributed by atoms with Crippen LogP contribution in [0.15, 0.2) is 59.0 Å². The number of aliphatic carboxylic acids is 1. The number of benzene rings is 3. The molecule has 0 aliphatic rings. The summed E-state index contributed by atoms with van der Waals surface area (Å²) in [6, 6.07) is 13.7. The molecule has 0 fully saturated rings. The van der Waals surface area contributed by atoms with E-state index in [4.69, 9.17) is 55.6 Å². The molecule has 2 N–H and O–H groups in total. The van der Waals surface area contributed by atoms with Crippen LogP contribution in [0.1, 0.15) is 11.1 Å². The summed E-state index contributed by atoms with van der Waals surface area (Å²) in [4.78, 5) is 29.4. The van der Waals surface area contributed by atoms with Gasteiger partial charge >= 0.3 is 18.1 Å². The number of alkyl halides is 5. The number of carboxylic acids is 1. The first-order valence-corrected chi connectivity index (χ1v) is 14.8. The van der Waals surface area contributed by atoms with E-state index in [1.165, 1.54) is 17.4 Å². The van der Waals surface area contributed by atoms with Crippen molar-refractivity contribution in [3.63, 3.8) is 0 Å². The molecule has 44 heavy (non-hydrogen) atoms. The number of carbonyl (C=O) groups is 2. The molecule has 0 saturated carbocycles. The van der Waals surface area contributed by atoms with Crippen LogP contribution in [0.3, 0.4) is 0 Å². The second-order valence-corrected chi connectivity index (χ2v) is 11.0. The minimum atomic E-state index is -5.24. The first-order chi connectivity index (χ1) is 20.9. The van der Waals surface area contributed by atoms with Crippen molar-refractivity contribution in [3.05, 3.63) is 75.8 Å². The van der Waals surface area contributed by atoms with E-state index < -0.39 is 30.5 Å². The topological polar surface area (TPSA) is 105 Å². The molecule has 0 bridgehead atoms. The highest BCUT2D eigenvalue weighted by molar-refractivity contribution is 6.37. The Morgan fingerprint density at radius 1 is 1.02 bits per heavy atom. The van der Waals surface area contributed by atoms with Crippen LogP contribution in [0.4, 0.5) is 18.9 Å². The van der Waals surface area contributed by atoms with E-state index in [1.54, 1.807) is 18.2 Å². The van der Waals surface area contributed by atoms with Crippen molar-refractivity contribution in [1.82, 2.24) is 10.3 Å². The maximum absolute atomic E-state index is 12.6. The minimum Gasteiger partial charge on any atom is -0.486 e. The van der Waals surface area contributed by atoms with E-state index in [1.807, 2.05) is 24.3 Å². The molecule has 0 unspecified atom stereocenters. The Hall–Kier alpha value is -3.38. The van der Waals surface area contributed by atoms with Crippen molar-refractivity contribution in [2.75, 3.05) is 29.7 Å². The van der Waals surface area contributed by atoms with E-state index in [0.29, 0.717) is 47.4 Å². The molecular weight excluding hydrogens is 669 g/mol. The first-order valence-electron chi connectivity index (χ1n) is 13.0. The molecule has 234 valence electrons. The van der Waals surface area contributed by atoms with Crippen LogP contribution in [0.2, 0.25) is 10.0 Å². The molecule has 0 radical (unpaired) electrons. The fraction of sp³-hybridized carbons (Fsp3) is 0.276. The predicted octanol–water partition coefficient (Wildman–Crippen LogP) is 7.34. The fourth-order valence-corrected chi connectivity index (χ4v) is 5.38. The molecule has 1 heterocycles. The lowest BCUT2D eigenvalue weighted by molar-refractivity contribution is -0.175. The third-order valence-electron chi connectivity index (χ3n) is 6.42. The van der Waals surface area contributed by atoms with E-state index in [0.717, 1.165) is 11.3 Å². The molecule has 1 atom stereocenters. The van der Waals surface area contributed by atoms with Crippen LogP contribution in [-0.2, 0) is 22.6 Å². The summed E-state index contributed by atoms with van der Waals surface area (Å²) in [5.74, 6) is -2.65. The summed E-state index contributed by atoms with van der Waals surface area (Å²) < 4.78 is 49.8. The number of para-hydroxylation sites is 1. The van der Waals surface area contributed by atoms with Gasteiger partial charge in [0.2, 0.25) is 5.89 Å². The zero-order valence-corrected chi connectivity index (χ0v) is 25.7. The number of halogens is 7. The van der Waals surface area contributed by atoms with Gasteiger partial charge in [0.05, 0.1) is 10.0 Å². The number of nitrogens with one attached hydrogen (secondary N) is 1. The van der Waals surface area contributed by atoms with E-state index >= 15 is 0 Å². The summed E-state index contributed by atoms with van der Waals surface area (Å²) in [5.41, 5.74) is 3.58. The third-order valence-corrected chi connectivity index (χ3v) is 7.32. The maximum Gasteiger partial charge on any atom is 0.471 e. The van der Waals surface area contributed by atoms with Gasteiger partial charge in [-0.25, -0.2) is 9.78 Å². The largest absolute Gasteiger partial charge is 0.486 e. The number of aromatic nitrogens is 1. The van der Waals surface area contributed by atoms with Crippen LogP contribution < -0.4 is 15.0 Å². The third kappa shape index (κ3) is 8.20. The smallest absolute Gasteiger partial charge is 0.471 e. The molecule has 1 amide bonds. The highest BCUT2D eigenvalue weighted by Crippen LogP contribution is 2.36. The Kier molecular flexibility index (Phi) is 11.1. The van der Waals surface area contributed by atoms with Gasteiger partial charge in [0.25, 0.3) is 0 Å². The van der Waals surface area contributed by atoms with Crippen molar-refractivity contribution < 1.29 is 37.0 Å². The SMILES string of the molecule is O=C(O)[C@H](Cc1cc(Cl)c(OCc2cccc3nc(-c4ccc(N(CCCl)CCCl)cc4)oc23)c(Cl)c1)NC(=O)C(F)(F)F. The Labute approximate surface area is 269 Å². The van der Waals surface area contributed by atoms with Crippen molar-refractivity contribution in [2.24, 2.45) is 0 Å². The van der Waals surface area contributed by atoms with E-state index in [2.05, 4.69) is 9.88 Å². The van der Waals surface area contributed by atoms with E-state index in [9.17, 15) is 27.9 Å². The molecule has 0 spiro atoms. The van der Waals surface area contributed by atoms with Gasteiger partial charge in [0, 0.05) is 48.1 Å². The first kappa shape index (κ1) is 33.5. The molecular formula is C29H24Cl4F3N3O5. The molecule has 1 aromatic heterocycles. The highest BCUT2D eigenvalue weighted by Gasteiger charge is 2.41. The summed E-state index contributed by atoms with van der Waals surface area (Å²) >= 11 is 24.5. The summed E-state index contributed by atoms with van der Waals surface area (Å²) in [6.45, 7) is 1.27. The molecule has 4 rings (SSSR count). The van der Waals surface area contributed by atoms with Crippen molar-refractivity contribution >= 4 is 75.1 Å². The Morgan fingerprint density at radius 2 is 1.66 bits per heavy atom. The van der Waals surface area contributed by atoms with E-state index in [-0.39, 0.29) is 28.0 Å². The molecule has 3 aromatic carbocycles. The number of anilines is 1. The number of oxazole rings is 1. The Balaban J connectivity index is 1.50. The van der Waals surface area contributed by atoms with Crippen LogP contribution in [0.5, 0.6) is 5.75 Å². The Bertz CT molecular complexity index is 1600. The van der Waals surface area contributed by atoms with Crippen LogP contribution in [0.25, 0.3) is 22.6 Å².